The van der Waals surface area contributed by atoms with Crippen LogP contribution in [0, 0.1) is 5.82 Å². The van der Waals surface area contributed by atoms with Gasteiger partial charge in [0, 0.05) is 6.54 Å². The average molecular weight is 316 g/mol. The minimum Gasteiger partial charge on any atom is -0.398 e. The highest BCUT2D eigenvalue weighted by Gasteiger charge is 2.18. The molecule has 1 saturated carbocycles. The molecule has 0 heterocycles. The van der Waals surface area contributed by atoms with E-state index in [-0.39, 0.29) is 23.2 Å². The van der Waals surface area contributed by atoms with Gasteiger partial charge >= 0.3 is 0 Å². The van der Waals surface area contributed by atoms with E-state index in [9.17, 15) is 12.8 Å². The van der Waals surface area contributed by atoms with Crippen LogP contribution in [0.2, 0.25) is 0 Å². The molecule has 5 nitrogen and oxygen atoms in total. The van der Waals surface area contributed by atoms with Crippen molar-refractivity contribution in [2.45, 2.75) is 43.1 Å². The van der Waals surface area contributed by atoms with Crippen LogP contribution in [0.4, 0.5) is 10.1 Å². The Morgan fingerprint density at radius 3 is 2.71 bits per heavy atom. The smallest absolute Gasteiger partial charge is 0.242 e. The first-order chi connectivity index (χ1) is 9.99. The molecule has 7 heteroatoms. The molecule has 0 amide bonds. The van der Waals surface area contributed by atoms with Crippen molar-refractivity contribution in [2.75, 3.05) is 18.9 Å². The van der Waals surface area contributed by atoms with Crippen LogP contribution in [0.15, 0.2) is 23.1 Å². The molecule has 3 N–H and O–H groups in total. The maximum atomic E-state index is 13.1. The van der Waals surface area contributed by atoms with Crippen LogP contribution in [0.1, 0.15) is 32.1 Å². The summed E-state index contributed by atoms with van der Waals surface area (Å²) >= 11 is 0. The molecular weight excluding hydrogens is 295 g/mol. The Morgan fingerprint density at radius 1 is 1.29 bits per heavy atom. The Morgan fingerprint density at radius 2 is 2.00 bits per heavy atom. The lowest BCUT2D eigenvalue weighted by Gasteiger charge is -2.22. The van der Waals surface area contributed by atoms with Crippen molar-refractivity contribution in [2.24, 2.45) is 0 Å². The number of hydrogen-bond donors (Lipinski definition) is 2. The molecular formula is C14H21FN2O3S. The number of rotatable bonds is 6. The van der Waals surface area contributed by atoms with Crippen LogP contribution in [0.25, 0.3) is 0 Å². The van der Waals surface area contributed by atoms with E-state index >= 15 is 0 Å². The number of anilines is 1. The number of nitrogen functional groups attached to an aromatic ring is 1. The molecule has 1 aromatic carbocycles. The molecule has 118 valence electrons. The van der Waals surface area contributed by atoms with Crippen LogP contribution in [0.3, 0.4) is 0 Å². The molecule has 2 rings (SSSR count). The zero-order chi connectivity index (χ0) is 15.3. The highest BCUT2D eigenvalue weighted by Crippen LogP contribution is 2.20. The normalized spacial score (nSPS) is 17.0. The second-order valence-electron chi connectivity index (χ2n) is 5.21. The van der Waals surface area contributed by atoms with E-state index in [0.29, 0.717) is 6.61 Å². The Kier molecular flexibility index (Phi) is 5.55. The van der Waals surface area contributed by atoms with Gasteiger partial charge in [-0.1, -0.05) is 19.3 Å². The van der Waals surface area contributed by atoms with Crippen molar-refractivity contribution in [3.05, 3.63) is 24.0 Å². The first kappa shape index (κ1) is 16.2. The van der Waals surface area contributed by atoms with E-state index in [1.54, 1.807) is 0 Å². The predicted octanol–water partition coefficient (Wildman–Crippen LogP) is 2.04. The van der Waals surface area contributed by atoms with Gasteiger partial charge in [-0.15, -0.1) is 0 Å². The van der Waals surface area contributed by atoms with Crippen molar-refractivity contribution < 1.29 is 17.5 Å². The van der Waals surface area contributed by atoms with Gasteiger partial charge in [-0.25, -0.2) is 17.5 Å². The topological polar surface area (TPSA) is 81.4 Å². The van der Waals surface area contributed by atoms with Crippen molar-refractivity contribution in [1.82, 2.24) is 4.72 Å². The fourth-order valence-electron chi connectivity index (χ4n) is 2.45. The van der Waals surface area contributed by atoms with Crippen LogP contribution in [-0.2, 0) is 14.8 Å². The number of nitrogens with one attached hydrogen (secondary N) is 1. The Bertz CT molecular complexity index is 572. The molecule has 0 saturated heterocycles. The summed E-state index contributed by atoms with van der Waals surface area (Å²) in [6.45, 7) is 0.452. The van der Waals surface area contributed by atoms with Crippen LogP contribution in [0.5, 0.6) is 0 Å². The number of benzene rings is 1. The van der Waals surface area contributed by atoms with Crippen molar-refractivity contribution in [3.8, 4) is 0 Å². The van der Waals surface area contributed by atoms with Gasteiger partial charge in [0.15, 0.2) is 0 Å². The van der Waals surface area contributed by atoms with Gasteiger partial charge in [0.2, 0.25) is 10.0 Å². The molecule has 0 radical (unpaired) electrons. The minimum absolute atomic E-state index is 0.0251. The summed E-state index contributed by atoms with van der Waals surface area (Å²) in [6.07, 6.45) is 5.85. The molecule has 0 aliphatic heterocycles. The third kappa shape index (κ3) is 4.66. The van der Waals surface area contributed by atoms with E-state index in [4.69, 9.17) is 10.5 Å². The number of halogens is 1. The van der Waals surface area contributed by atoms with Crippen LogP contribution < -0.4 is 10.5 Å². The lowest BCUT2D eigenvalue weighted by Crippen LogP contribution is -2.30. The third-order valence-electron chi connectivity index (χ3n) is 3.57. The molecule has 21 heavy (non-hydrogen) atoms. The van der Waals surface area contributed by atoms with Crippen LogP contribution >= 0.6 is 0 Å². The first-order valence-corrected chi connectivity index (χ1v) is 8.63. The third-order valence-corrected chi connectivity index (χ3v) is 5.08. The number of sulfonamides is 1. The second kappa shape index (κ2) is 7.20. The molecule has 1 aliphatic carbocycles. The van der Waals surface area contributed by atoms with Gasteiger partial charge in [-0.2, -0.15) is 0 Å². The van der Waals surface area contributed by atoms with E-state index in [1.807, 2.05) is 0 Å². The molecule has 1 fully saturated rings. The summed E-state index contributed by atoms with van der Waals surface area (Å²) in [5, 5.41) is 0. The van der Waals surface area contributed by atoms with Crippen molar-refractivity contribution in [1.29, 1.82) is 0 Å². The Labute approximate surface area is 124 Å². The van der Waals surface area contributed by atoms with Gasteiger partial charge < -0.3 is 10.5 Å². The number of nitrogens with two attached hydrogens (primary N) is 1. The largest absolute Gasteiger partial charge is 0.398 e. The van der Waals surface area contributed by atoms with Gasteiger partial charge in [0.25, 0.3) is 0 Å². The lowest BCUT2D eigenvalue weighted by atomic mass is 9.98. The molecule has 0 aromatic heterocycles. The zero-order valence-electron chi connectivity index (χ0n) is 11.8. The lowest BCUT2D eigenvalue weighted by molar-refractivity contribution is 0.0321. The standard InChI is InChI=1S/C14H21FN2O3S/c15-11-6-7-13(16)14(10-11)21(18,19)17-8-9-20-12-4-2-1-3-5-12/h6-7,10,12,17H,1-5,8-9,16H2. The fourth-order valence-corrected chi connectivity index (χ4v) is 3.61. The SMILES string of the molecule is Nc1ccc(F)cc1S(=O)(=O)NCCOC1CCCCC1. The van der Waals surface area contributed by atoms with E-state index in [0.717, 1.165) is 37.8 Å². The molecule has 0 unspecified atom stereocenters. The highest BCUT2D eigenvalue weighted by molar-refractivity contribution is 7.89. The van der Waals surface area contributed by atoms with Gasteiger partial charge in [0.1, 0.15) is 10.7 Å². The molecule has 1 aromatic rings. The maximum Gasteiger partial charge on any atom is 0.242 e. The van der Waals surface area contributed by atoms with Crippen molar-refractivity contribution in [3.63, 3.8) is 0 Å². The first-order valence-electron chi connectivity index (χ1n) is 7.15. The molecule has 0 spiro atoms. The second-order valence-corrected chi connectivity index (χ2v) is 6.95. The highest BCUT2D eigenvalue weighted by atomic mass is 32.2. The predicted molar refractivity (Wildman–Crippen MR) is 78.8 cm³/mol. The van der Waals surface area contributed by atoms with Crippen molar-refractivity contribution >= 4 is 15.7 Å². The molecule has 0 atom stereocenters. The van der Waals surface area contributed by atoms with Crippen LogP contribution in [-0.4, -0.2) is 27.7 Å². The van der Waals surface area contributed by atoms with Gasteiger partial charge in [0.05, 0.1) is 18.4 Å². The summed E-state index contributed by atoms with van der Waals surface area (Å²) in [4.78, 5) is -0.236. The fraction of sp³-hybridized carbons (Fsp3) is 0.571. The van der Waals surface area contributed by atoms with E-state index in [2.05, 4.69) is 4.72 Å². The van der Waals surface area contributed by atoms with E-state index < -0.39 is 15.8 Å². The average Bonchev–Trinajstić information content (AvgIpc) is 2.47. The summed E-state index contributed by atoms with van der Waals surface area (Å²) in [5.74, 6) is -0.636. The molecule has 0 bridgehead atoms. The Balaban J connectivity index is 1.85. The minimum atomic E-state index is -3.81. The summed E-state index contributed by atoms with van der Waals surface area (Å²) < 4.78 is 45.2. The number of hydrogen-bond acceptors (Lipinski definition) is 4. The summed E-state index contributed by atoms with van der Waals surface area (Å²) in [7, 11) is -3.81. The number of ether oxygens (including phenoxy) is 1. The van der Waals surface area contributed by atoms with Gasteiger partial charge in [-0.3, -0.25) is 0 Å². The van der Waals surface area contributed by atoms with Gasteiger partial charge in [-0.05, 0) is 31.0 Å². The quantitative estimate of drug-likeness (QED) is 0.621. The monoisotopic (exact) mass is 316 g/mol. The molecule has 1 aliphatic rings. The zero-order valence-corrected chi connectivity index (χ0v) is 12.7. The maximum absolute atomic E-state index is 13.1. The summed E-state index contributed by atoms with van der Waals surface area (Å²) in [6, 6.07) is 3.28. The summed E-state index contributed by atoms with van der Waals surface area (Å²) in [5.41, 5.74) is 5.60. The Hall–Kier alpha value is -1.18. The van der Waals surface area contributed by atoms with E-state index in [1.165, 1.54) is 12.5 Å².